The van der Waals surface area contributed by atoms with Crippen LogP contribution in [0.25, 0.3) is 17.0 Å². The van der Waals surface area contributed by atoms with E-state index in [1.807, 2.05) is 42.1 Å². The van der Waals surface area contributed by atoms with Crippen molar-refractivity contribution in [1.82, 2.24) is 15.2 Å². The van der Waals surface area contributed by atoms with Gasteiger partial charge in [0, 0.05) is 35.3 Å². The van der Waals surface area contributed by atoms with Crippen LogP contribution < -0.4 is 24.8 Å². The average Bonchev–Trinajstić information content (AvgIpc) is 3.54. The van der Waals surface area contributed by atoms with Crippen LogP contribution in [0, 0.1) is 0 Å². The molecule has 0 atom stereocenters. The SMILES string of the molecule is COc1cc(C(=O)N/C(=C\c2cn(C)c3ccccc23)C(=O)NCc2ccco2)cc(OC)c1OC. The molecular formula is C27H27N3O6. The number of carbonyl (C=O) groups excluding carboxylic acids is 2. The normalized spacial score (nSPS) is 11.3. The van der Waals surface area contributed by atoms with Gasteiger partial charge in [-0.3, -0.25) is 9.59 Å². The van der Waals surface area contributed by atoms with E-state index in [2.05, 4.69) is 10.6 Å². The maximum atomic E-state index is 13.3. The Labute approximate surface area is 208 Å². The second kappa shape index (κ2) is 10.7. The van der Waals surface area contributed by atoms with E-state index in [1.165, 1.54) is 39.7 Å². The first-order valence-corrected chi connectivity index (χ1v) is 11.1. The molecule has 0 radical (unpaired) electrons. The van der Waals surface area contributed by atoms with E-state index >= 15 is 0 Å². The highest BCUT2D eigenvalue weighted by atomic mass is 16.5. The number of carbonyl (C=O) groups is 2. The molecule has 2 aromatic heterocycles. The molecule has 2 aromatic carbocycles. The zero-order valence-corrected chi connectivity index (χ0v) is 20.5. The van der Waals surface area contributed by atoms with E-state index < -0.39 is 11.8 Å². The summed E-state index contributed by atoms with van der Waals surface area (Å²) in [6.45, 7) is 0.165. The van der Waals surface area contributed by atoms with Crippen molar-refractivity contribution >= 4 is 28.8 Å². The molecule has 0 spiro atoms. The number of aromatic nitrogens is 1. The van der Waals surface area contributed by atoms with E-state index in [1.54, 1.807) is 18.2 Å². The summed E-state index contributed by atoms with van der Waals surface area (Å²) < 4.78 is 23.3. The van der Waals surface area contributed by atoms with Crippen LogP contribution in [0.5, 0.6) is 17.2 Å². The number of para-hydroxylation sites is 1. The summed E-state index contributed by atoms with van der Waals surface area (Å²) in [5.41, 5.74) is 2.07. The van der Waals surface area contributed by atoms with Crippen LogP contribution >= 0.6 is 0 Å². The van der Waals surface area contributed by atoms with Crippen LogP contribution in [0.4, 0.5) is 0 Å². The van der Waals surface area contributed by atoms with E-state index in [0.29, 0.717) is 23.0 Å². The molecule has 0 fully saturated rings. The van der Waals surface area contributed by atoms with Crippen LogP contribution in [-0.4, -0.2) is 37.7 Å². The summed E-state index contributed by atoms with van der Waals surface area (Å²) in [5.74, 6) is 0.602. The first kappa shape index (κ1) is 24.5. The fraction of sp³-hybridized carbons (Fsp3) is 0.185. The highest BCUT2D eigenvalue weighted by molar-refractivity contribution is 6.07. The predicted molar refractivity (Wildman–Crippen MR) is 135 cm³/mol. The van der Waals surface area contributed by atoms with E-state index in [0.717, 1.165) is 16.5 Å². The molecule has 2 amide bonds. The van der Waals surface area contributed by atoms with Gasteiger partial charge in [-0.05, 0) is 36.4 Å². The quantitative estimate of drug-likeness (QED) is 0.346. The molecule has 36 heavy (non-hydrogen) atoms. The number of ether oxygens (including phenoxy) is 3. The lowest BCUT2D eigenvalue weighted by molar-refractivity contribution is -0.118. The second-order valence-electron chi connectivity index (χ2n) is 7.90. The average molecular weight is 490 g/mol. The zero-order chi connectivity index (χ0) is 25.7. The van der Waals surface area contributed by atoms with Crippen molar-refractivity contribution in [2.24, 2.45) is 7.05 Å². The highest BCUT2D eigenvalue weighted by Gasteiger charge is 2.20. The molecule has 0 bridgehead atoms. The van der Waals surface area contributed by atoms with Gasteiger partial charge in [0.25, 0.3) is 11.8 Å². The summed E-state index contributed by atoms with van der Waals surface area (Å²) in [6, 6.07) is 14.3. The molecule has 2 heterocycles. The van der Waals surface area contributed by atoms with Crippen molar-refractivity contribution in [1.29, 1.82) is 0 Å². The Morgan fingerprint density at radius 2 is 1.72 bits per heavy atom. The van der Waals surface area contributed by atoms with Gasteiger partial charge >= 0.3 is 0 Å². The van der Waals surface area contributed by atoms with Gasteiger partial charge in [-0.15, -0.1) is 0 Å². The van der Waals surface area contributed by atoms with Gasteiger partial charge in [-0.1, -0.05) is 18.2 Å². The number of amides is 2. The lowest BCUT2D eigenvalue weighted by Crippen LogP contribution is -2.34. The van der Waals surface area contributed by atoms with Crippen molar-refractivity contribution in [3.8, 4) is 17.2 Å². The number of furan rings is 1. The molecule has 0 aliphatic heterocycles. The molecule has 0 aliphatic rings. The third-order valence-electron chi connectivity index (χ3n) is 5.65. The number of aryl methyl sites for hydroxylation is 1. The van der Waals surface area contributed by atoms with Gasteiger partial charge in [-0.2, -0.15) is 0 Å². The number of rotatable bonds is 9. The van der Waals surface area contributed by atoms with Crippen LogP contribution in [0.15, 0.2) is 71.1 Å². The summed E-state index contributed by atoms with van der Waals surface area (Å²) in [4.78, 5) is 26.5. The Morgan fingerprint density at radius 1 is 1.00 bits per heavy atom. The largest absolute Gasteiger partial charge is 0.493 e. The molecule has 0 saturated carbocycles. The number of nitrogens with one attached hydrogen (secondary N) is 2. The smallest absolute Gasteiger partial charge is 0.268 e. The summed E-state index contributed by atoms with van der Waals surface area (Å²) in [7, 11) is 6.33. The number of hydrogen-bond donors (Lipinski definition) is 2. The van der Waals surface area contributed by atoms with Gasteiger partial charge in [-0.25, -0.2) is 0 Å². The minimum Gasteiger partial charge on any atom is -0.493 e. The van der Waals surface area contributed by atoms with Gasteiger partial charge < -0.3 is 33.8 Å². The van der Waals surface area contributed by atoms with Crippen molar-refractivity contribution in [3.05, 3.63) is 83.6 Å². The summed E-state index contributed by atoms with van der Waals surface area (Å²) in [5, 5.41) is 6.48. The first-order valence-electron chi connectivity index (χ1n) is 11.1. The Bertz CT molecular complexity index is 1390. The fourth-order valence-electron chi connectivity index (χ4n) is 3.88. The number of benzene rings is 2. The van der Waals surface area contributed by atoms with Gasteiger partial charge in [0.1, 0.15) is 11.5 Å². The van der Waals surface area contributed by atoms with E-state index in [-0.39, 0.29) is 17.8 Å². The molecule has 0 unspecified atom stereocenters. The Hall–Kier alpha value is -4.66. The molecule has 4 rings (SSSR count). The summed E-state index contributed by atoms with van der Waals surface area (Å²) in [6.07, 6.45) is 5.08. The molecule has 0 saturated heterocycles. The number of methoxy groups -OCH3 is 3. The first-order chi connectivity index (χ1) is 17.4. The van der Waals surface area contributed by atoms with Crippen LogP contribution in [-0.2, 0) is 18.4 Å². The van der Waals surface area contributed by atoms with Crippen molar-refractivity contribution < 1.29 is 28.2 Å². The Kier molecular flexibility index (Phi) is 7.29. The molecule has 4 aromatic rings. The van der Waals surface area contributed by atoms with Crippen LogP contribution in [0.2, 0.25) is 0 Å². The molecular weight excluding hydrogens is 462 g/mol. The molecule has 0 aliphatic carbocycles. The maximum absolute atomic E-state index is 13.3. The monoisotopic (exact) mass is 489 g/mol. The Balaban J connectivity index is 1.70. The zero-order valence-electron chi connectivity index (χ0n) is 20.5. The van der Waals surface area contributed by atoms with Crippen molar-refractivity contribution in [3.63, 3.8) is 0 Å². The molecule has 9 nitrogen and oxygen atoms in total. The minimum atomic E-state index is -0.520. The van der Waals surface area contributed by atoms with Crippen LogP contribution in [0.3, 0.4) is 0 Å². The van der Waals surface area contributed by atoms with Crippen LogP contribution in [0.1, 0.15) is 21.7 Å². The minimum absolute atomic E-state index is 0.0664. The van der Waals surface area contributed by atoms with Crippen molar-refractivity contribution in [2.75, 3.05) is 21.3 Å². The van der Waals surface area contributed by atoms with E-state index in [4.69, 9.17) is 18.6 Å². The number of hydrogen-bond acceptors (Lipinski definition) is 6. The summed E-state index contributed by atoms with van der Waals surface area (Å²) >= 11 is 0. The third-order valence-corrected chi connectivity index (χ3v) is 5.65. The number of nitrogens with zero attached hydrogens (tertiary/aromatic N) is 1. The lowest BCUT2D eigenvalue weighted by atomic mass is 10.1. The molecule has 9 heteroatoms. The predicted octanol–water partition coefficient (Wildman–Crippen LogP) is 3.88. The van der Waals surface area contributed by atoms with Gasteiger partial charge in [0.15, 0.2) is 11.5 Å². The highest BCUT2D eigenvalue weighted by Crippen LogP contribution is 2.38. The third kappa shape index (κ3) is 5.05. The molecule has 186 valence electrons. The van der Waals surface area contributed by atoms with E-state index in [9.17, 15) is 9.59 Å². The second-order valence-corrected chi connectivity index (χ2v) is 7.90. The fourth-order valence-corrected chi connectivity index (χ4v) is 3.88. The Morgan fingerprint density at radius 3 is 2.36 bits per heavy atom. The molecule has 2 N–H and O–H groups in total. The standard InChI is InChI=1S/C27H27N3O6/c1-30-16-18(20-9-5-6-10-22(20)30)12-21(27(32)28-15-19-8-7-11-36-19)29-26(31)17-13-23(33-2)25(35-4)24(14-17)34-3/h5-14,16H,15H2,1-4H3,(H,28,32)(H,29,31)/b21-12-. The topological polar surface area (TPSA) is 104 Å². The number of fused-ring (bicyclic) bond motifs is 1. The van der Waals surface area contributed by atoms with Gasteiger partial charge in [0.2, 0.25) is 5.75 Å². The van der Waals surface area contributed by atoms with Gasteiger partial charge in [0.05, 0.1) is 34.1 Å². The maximum Gasteiger partial charge on any atom is 0.268 e. The van der Waals surface area contributed by atoms with Crippen molar-refractivity contribution in [2.45, 2.75) is 6.54 Å². The lowest BCUT2D eigenvalue weighted by Gasteiger charge is -2.15.